The molecule has 0 aromatic heterocycles. The van der Waals surface area contributed by atoms with Gasteiger partial charge in [0.15, 0.2) is 0 Å². The fourth-order valence-corrected chi connectivity index (χ4v) is 2.80. The second-order valence-corrected chi connectivity index (χ2v) is 5.54. The van der Waals surface area contributed by atoms with Gasteiger partial charge in [-0.1, -0.05) is 44.2 Å². The molecule has 0 amide bonds. The van der Waals surface area contributed by atoms with E-state index in [1.165, 1.54) is 4.90 Å². The molecule has 1 aliphatic heterocycles. The average molecular weight is 219 g/mol. The molecule has 0 aliphatic carbocycles. The maximum atomic E-state index is 10.9. The molecule has 0 spiro atoms. The van der Waals surface area contributed by atoms with Gasteiger partial charge in [-0.3, -0.25) is 0 Å². The van der Waals surface area contributed by atoms with Gasteiger partial charge in [-0.05, 0) is 5.56 Å². The van der Waals surface area contributed by atoms with E-state index in [-0.39, 0.29) is 5.41 Å². The minimum absolute atomic E-state index is 0.135. The summed E-state index contributed by atoms with van der Waals surface area (Å²) in [7, 11) is 4.06. The van der Waals surface area contributed by atoms with E-state index in [1.807, 2.05) is 30.3 Å². The molecule has 1 aromatic carbocycles. The van der Waals surface area contributed by atoms with Crippen molar-refractivity contribution in [3.8, 4) is 0 Å². The first kappa shape index (κ1) is 11.6. The number of hydrogen-bond acceptors (Lipinski definition) is 1. The Labute approximate surface area is 97.9 Å². The molecule has 1 heterocycles. The zero-order chi connectivity index (χ0) is 11.8. The van der Waals surface area contributed by atoms with Crippen LogP contribution in [0.1, 0.15) is 25.8 Å². The first-order valence-electron chi connectivity index (χ1n) is 5.90. The molecule has 2 nitrogen and oxygen atoms in total. The maximum absolute atomic E-state index is 10.9. The molecule has 1 aliphatic rings. The van der Waals surface area contributed by atoms with Crippen LogP contribution in [0.5, 0.6) is 0 Å². The van der Waals surface area contributed by atoms with Crippen molar-refractivity contribution >= 4 is 0 Å². The molecule has 2 heteroatoms. The van der Waals surface area contributed by atoms with Gasteiger partial charge in [-0.2, -0.15) is 7.05 Å². The van der Waals surface area contributed by atoms with Gasteiger partial charge in [0.25, 0.3) is 0 Å². The largest absolute Gasteiger partial charge is 0.467 e. The summed E-state index contributed by atoms with van der Waals surface area (Å²) >= 11 is 0. The van der Waals surface area contributed by atoms with Crippen LogP contribution in [0.2, 0.25) is 0 Å². The Kier molecular flexibility index (Phi) is 2.81. The highest BCUT2D eigenvalue weighted by Crippen LogP contribution is 2.42. The molecule has 2 N–H and O–H groups in total. The van der Waals surface area contributed by atoms with Crippen LogP contribution in [0.4, 0.5) is 0 Å². The van der Waals surface area contributed by atoms with Gasteiger partial charge in [0.2, 0.25) is 0 Å². The summed E-state index contributed by atoms with van der Waals surface area (Å²) in [4.78, 5) is 1.26. The van der Waals surface area contributed by atoms with E-state index in [0.29, 0.717) is 0 Å². The van der Waals surface area contributed by atoms with Crippen LogP contribution in [-0.4, -0.2) is 18.2 Å². The molecule has 1 unspecified atom stereocenters. The number of benzene rings is 1. The number of nitrogens with one attached hydrogen (secondary N) is 1. The molecule has 0 bridgehead atoms. The quantitative estimate of drug-likeness (QED) is 0.676. The number of piperidine rings is 1. The number of quaternary nitrogens is 1. The van der Waals surface area contributed by atoms with E-state index in [1.54, 1.807) is 0 Å². The lowest BCUT2D eigenvalue weighted by molar-refractivity contribution is -0.872. The number of hydrogen-bond donors (Lipinski definition) is 2. The lowest BCUT2D eigenvalue weighted by Gasteiger charge is -2.49. The molecular formula is C14H21NO. The van der Waals surface area contributed by atoms with Gasteiger partial charge < -0.3 is 10.0 Å². The highest BCUT2D eigenvalue weighted by Gasteiger charge is 2.49. The molecule has 16 heavy (non-hydrogen) atoms. The van der Waals surface area contributed by atoms with Crippen LogP contribution in [0.25, 0.3) is 0 Å². The Balaban J connectivity index is 2.37. The van der Waals surface area contributed by atoms with Gasteiger partial charge in [0, 0.05) is 11.8 Å². The number of aliphatic hydroxyl groups is 1. The maximum Gasteiger partial charge on any atom is 0.105 e. The van der Waals surface area contributed by atoms with Crippen molar-refractivity contribution < 1.29 is 10.0 Å². The van der Waals surface area contributed by atoms with Crippen molar-refractivity contribution in [3.63, 3.8) is 0 Å². The zero-order valence-electron chi connectivity index (χ0n) is 10.2. The Hall–Kier alpha value is -0.860. The average Bonchev–Trinajstić information content (AvgIpc) is 2.25. The summed E-state index contributed by atoms with van der Waals surface area (Å²) in [5.74, 6) is 0. The van der Waals surface area contributed by atoms with Gasteiger partial charge in [0.05, 0.1) is 13.1 Å². The molecule has 2 atom stereocenters. The number of likely N-dealkylation sites (tertiary alicyclic amines) is 1. The summed E-state index contributed by atoms with van der Waals surface area (Å²) in [5.41, 5.74) is 0.187. The highest BCUT2D eigenvalue weighted by atomic mass is 16.3. The molecule has 1 aromatic rings. The predicted octanol–water partition coefficient (Wildman–Crippen LogP) is 0.981. The van der Waals surface area contributed by atoms with Crippen molar-refractivity contribution in [2.24, 2.45) is 5.41 Å². The zero-order valence-corrected chi connectivity index (χ0v) is 10.2. The molecular weight excluding hydrogens is 198 g/mol. The molecule has 1 saturated heterocycles. The van der Waals surface area contributed by atoms with Crippen molar-refractivity contribution in [2.75, 3.05) is 13.1 Å². The third kappa shape index (κ3) is 1.76. The van der Waals surface area contributed by atoms with E-state index in [0.717, 1.165) is 25.1 Å². The highest BCUT2D eigenvalue weighted by molar-refractivity contribution is 5.25. The Morgan fingerprint density at radius 1 is 1.25 bits per heavy atom. The second kappa shape index (κ2) is 3.86. The Bertz CT molecular complexity index is 360. The summed E-state index contributed by atoms with van der Waals surface area (Å²) in [6.45, 7) is 6.09. The summed E-state index contributed by atoms with van der Waals surface area (Å²) in [5, 5.41) is 10.9. The first-order chi connectivity index (χ1) is 7.46. The SMILES string of the molecule is [CH2-][NH+]1CC[C@@](O)(c2ccccc2)C(C)(C)C1. The summed E-state index contributed by atoms with van der Waals surface area (Å²) in [6.07, 6.45) is 0.781. The number of rotatable bonds is 1. The van der Waals surface area contributed by atoms with E-state index < -0.39 is 5.60 Å². The standard InChI is InChI=1S/C14H21NO/c1-13(2)11-15(3)10-9-14(13,16)12-7-5-4-6-8-12/h4-8,15-16H,3,9-11H2,1-2H3/t14-/m1/s1. The smallest absolute Gasteiger partial charge is 0.105 e. The minimum atomic E-state index is -0.713. The Morgan fingerprint density at radius 3 is 2.44 bits per heavy atom. The van der Waals surface area contributed by atoms with E-state index in [9.17, 15) is 5.11 Å². The second-order valence-electron chi connectivity index (χ2n) is 5.54. The summed E-state index contributed by atoms with van der Waals surface area (Å²) < 4.78 is 0. The van der Waals surface area contributed by atoms with Gasteiger partial charge in [-0.25, -0.2) is 0 Å². The molecule has 0 radical (unpaired) electrons. The predicted molar refractivity (Wildman–Crippen MR) is 64.8 cm³/mol. The van der Waals surface area contributed by atoms with Crippen LogP contribution in [-0.2, 0) is 5.60 Å². The van der Waals surface area contributed by atoms with Crippen LogP contribution in [0.3, 0.4) is 0 Å². The van der Waals surface area contributed by atoms with Crippen molar-refractivity contribution in [1.82, 2.24) is 0 Å². The van der Waals surface area contributed by atoms with Gasteiger partial charge in [-0.15, -0.1) is 0 Å². The molecule has 2 rings (SSSR count). The fourth-order valence-electron chi connectivity index (χ4n) is 2.80. The lowest BCUT2D eigenvalue weighted by Crippen LogP contribution is -3.10. The topological polar surface area (TPSA) is 24.7 Å². The van der Waals surface area contributed by atoms with Crippen LogP contribution >= 0.6 is 0 Å². The van der Waals surface area contributed by atoms with E-state index in [4.69, 9.17) is 0 Å². The van der Waals surface area contributed by atoms with Crippen molar-refractivity contribution in [2.45, 2.75) is 25.9 Å². The Morgan fingerprint density at radius 2 is 1.88 bits per heavy atom. The fraction of sp³-hybridized carbons (Fsp3) is 0.500. The van der Waals surface area contributed by atoms with Gasteiger partial charge >= 0.3 is 0 Å². The first-order valence-corrected chi connectivity index (χ1v) is 5.90. The minimum Gasteiger partial charge on any atom is -0.467 e. The van der Waals surface area contributed by atoms with E-state index in [2.05, 4.69) is 20.9 Å². The lowest BCUT2D eigenvalue weighted by atomic mass is 9.66. The molecule has 1 fully saturated rings. The molecule has 0 saturated carbocycles. The van der Waals surface area contributed by atoms with Crippen LogP contribution in [0, 0.1) is 12.5 Å². The summed E-state index contributed by atoms with van der Waals surface area (Å²) in [6, 6.07) is 10.0. The third-order valence-electron chi connectivity index (χ3n) is 3.90. The monoisotopic (exact) mass is 219 g/mol. The van der Waals surface area contributed by atoms with Crippen LogP contribution in [0.15, 0.2) is 30.3 Å². The van der Waals surface area contributed by atoms with Gasteiger partial charge in [0.1, 0.15) is 5.60 Å². The normalized spacial score (nSPS) is 33.6. The molecule has 88 valence electrons. The third-order valence-corrected chi connectivity index (χ3v) is 3.90. The van der Waals surface area contributed by atoms with Crippen molar-refractivity contribution in [3.05, 3.63) is 42.9 Å². The van der Waals surface area contributed by atoms with Crippen molar-refractivity contribution in [1.29, 1.82) is 0 Å². The van der Waals surface area contributed by atoms with E-state index >= 15 is 0 Å². The van der Waals surface area contributed by atoms with Crippen LogP contribution < -0.4 is 4.90 Å².